The van der Waals surface area contributed by atoms with Gasteiger partial charge in [-0.1, -0.05) is 12.1 Å². The minimum absolute atomic E-state index is 0.0623. The van der Waals surface area contributed by atoms with Crippen LogP contribution >= 0.6 is 0 Å². The van der Waals surface area contributed by atoms with Crippen molar-refractivity contribution >= 4 is 23.4 Å². The van der Waals surface area contributed by atoms with Gasteiger partial charge in [0.2, 0.25) is 5.88 Å². The second-order valence-electron chi connectivity index (χ2n) is 7.83. The van der Waals surface area contributed by atoms with Crippen molar-refractivity contribution in [3.63, 3.8) is 0 Å². The monoisotopic (exact) mass is 497 g/mol. The highest BCUT2D eigenvalue weighted by atomic mass is 16.5. The molecule has 0 saturated carbocycles. The molecule has 3 aromatic carbocycles. The molecule has 0 aliphatic rings. The van der Waals surface area contributed by atoms with Crippen molar-refractivity contribution in [1.82, 2.24) is 0 Å². The van der Waals surface area contributed by atoms with E-state index in [-0.39, 0.29) is 17.0 Å². The number of benzene rings is 3. The first-order chi connectivity index (χ1) is 17.9. The fourth-order valence-corrected chi connectivity index (χ4v) is 3.60. The third-order valence-corrected chi connectivity index (χ3v) is 5.48. The number of nitrogen functional groups attached to an aromatic ring is 1. The second-order valence-corrected chi connectivity index (χ2v) is 7.83. The Morgan fingerprint density at radius 1 is 0.892 bits per heavy atom. The molecule has 0 bridgehead atoms. The third kappa shape index (κ3) is 5.55. The third-order valence-electron chi connectivity index (χ3n) is 5.48. The number of nitrogens with two attached hydrogens (primary N) is 1. The molecule has 0 unspecified atom stereocenters. The van der Waals surface area contributed by atoms with Crippen molar-refractivity contribution in [2.24, 2.45) is 0 Å². The van der Waals surface area contributed by atoms with Gasteiger partial charge in [-0.15, -0.1) is 0 Å². The largest absolute Gasteiger partial charge is 0.497 e. The summed E-state index contributed by atoms with van der Waals surface area (Å²) >= 11 is 0. The van der Waals surface area contributed by atoms with Crippen molar-refractivity contribution in [3.8, 4) is 40.0 Å². The molecule has 0 saturated heterocycles. The number of nitrogens with one attached hydrogen (secondary N) is 1. The molecule has 1 amide bonds. The number of rotatable bonds is 8. The predicted octanol–water partition coefficient (Wildman–Crippen LogP) is 4.88. The van der Waals surface area contributed by atoms with Crippen LogP contribution in [0.25, 0.3) is 22.5 Å². The quantitative estimate of drug-likeness (QED) is 0.260. The molecule has 4 rings (SSSR count). The number of furan rings is 1. The standard InChI is InChI=1S/C28H23N3O6/c1-34-21-11-5-17(6-12-21)25-23(15-29)27(37-26(25)18-7-13-22(35-2)14-8-18)31-24(32)16-36-28(33)19-3-9-20(30)10-4-19/h3-14H,16,30H2,1-2H3,(H,31,32). The number of esters is 1. The lowest BCUT2D eigenvalue weighted by atomic mass is 9.98. The van der Waals surface area contributed by atoms with Gasteiger partial charge in [0.25, 0.3) is 5.91 Å². The van der Waals surface area contributed by atoms with Crippen LogP contribution in [0.2, 0.25) is 0 Å². The van der Waals surface area contributed by atoms with Crippen LogP contribution in [0.4, 0.5) is 11.6 Å². The Bertz CT molecular complexity index is 1450. The maximum atomic E-state index is 12.6. The van der Waals surface area contributed by atoms with Gasteiger partial charge in [-0.2, -0.15) is 5.26 Å². The van der Waals surface area contributed by atoms with Crippen LogP contribution in [-0.2, 0) is 9.53 Å². The van der Waals surface area contributed by atoms with Crippen molar-refractivity contribution in [2.45, 2.75) is 0 Å². The zero-order valence-electron chi connectivity index (χ0n) is 20.1. The van der Waals surface area contributed by atoms with Gasteiger partial charge < -0.3 is 24.4 Å². The van der Waals surface area contributed by atoms with E-state index in [0.29, 0.717) is 39.6 Å². The van der Waals surface area contributed by atoms with Gasteiger partial charge in [0.15, 0.2) is 6.61 Å². The number of ether oxygens (including phenoxy) is 3. The van der Waals surface area contributed by atoms with E-state index in [1.54, 1.807) is 74.9 Å². The molecular weight excluding hydrogens is 474 g/mol. The smallest absolute Gasteiger partial charge is 0.338 e. The van der Waals surface area contributed by atoms with Crippen LogP contribution in [0.3, 0.4) is 0 Å². The second kappa shape index (κ2) is 11.0. The highest BCUT2D eigenvalue weighted by Gasteiger charge is 2.25. The number of hydrogen-bond donors (Lipinski definition) is 2. The lowest BCUT2D eigenvalue weighted by Gasteiger charge is -2.06. The van der Waals surface area contributed by atoms with Crippen molar-refractivity contribution in [2.75, 3.05) is 31.9 Å². The SMILES string of the molecule is COc1ccc(-c2oc(NC(=O)COC(=O)c3ccc(N)cc3)c(C#N)c2-c2ccc(OC)cc2)cc1. The van der Waals surface area contributed by atoms with Gasteiger partial charge in [-0.25, -0.2) is 4.79 Å². The summed E-state index contributed by atoms with van der Waals surface area (Å²) in [5.74, 6) is 0.252. The molecule has 186 valence electrons. The van der Waals surface area contributed by atoms with E-state index < -0.39 is 18.5 Å². The van der Waals surface area contributed by atoms with E-state index in [4.69, 9.17) is 24.4 Å². The summed E-state index contributed by atoms with van der Waals surface area (Å²) in [5, 5.41) is 12.6. The number of methoxy groups -OCH3 is 2. The first-order valence-electron chi connectivity index (χ1n) is 11.1. The first-order valence-corrected chi connectivity index (χ1v) is 11.1. The summed E-state index contributed by atoms with van der Waals surface area (Å²) in [7, 11) is 3.12. The van der Waals surface area contributed by atoms with E-state index in [9.17, 15) is 14.9 Å². The number of hydrogen-bond acceptors (Lipinski definition) is 8. The lowest BCUT2D eigenvalue weighted by Crippen LogP contribution is -2.21. The van der Waals surface area contributed by atoms with Crippen LogP contribution in [0.1, 0.15) is 15.9 Å². The number of carbonyl (C=O) groups is 2. The molecular formula is C28H23N3O6. The highest BCUT2D eigenvalue weighted by Crippen LogP contribution is 2.42. The average molecular weight is 498 g/mol. The number of anilines is 2. The average Bonchev–Trinajstić information content (AvgIpc) is 3.30. The van der Waals surface area contributed by atoms with Gasteiger partial charge in [-0.3, -0.25) is 10.1 Å². The van der Waals surface area contributed by atoms with Crippen LogP contribution < -0.4 is 20.5 Å². The Labute approximate surface area is 213 Å². The molecule has 0 aliphatic heterocycles. The molecule has 1 aromatic heterocycles. The number of nitriles is 1. The Hall–Kier alpha value is -5.23. The summed E-state index contributed by atoms with van der Waals surface area (Å²) in [5.41, 5.74) is 8.33. The van der Waals surface area contributed by atoms with Gasteiger partial charge in [-0.05, 0) is 66.2 Å². The highest BCUT2D eigenvalue weighted by molar-refractivity contribution is 5.98. The van der Waals surface area contributed by atoms with Crippen LogP contribution in [0, 0.1) is 11.3 Å². The van der Waals surface area contributed by atoms with Crippen LogP contribution in [0.15, 0.2) is 77.2 Å². The molecule has 9 nitrogen and oxygen atoms in total. The lowest BCUT2D eigenvalue weighted by molar-refractivity contribution is -0.119. The molecule has 0 atom stereocenters. The summed E-state index contributed by atoms with van der Waals surface area (Å²) < 4.78 is 21.6. The Kier molecular flexibility index (Phi) is 7.40. The number of amides is 1. The van der Waals surface area contributed by atoms with Gasteiger partial charge in [0.1, 0.15) is 28.9 Å². The minimum Gasteiger partial charge on any atom is -0.497 e. The molecule has 0 fully saturated rings. The molecule has 0 radical (unpaired) electrons. The van der Waals surface area contributed by atoms with Crippen molar-refractivity contribution in [3.05, 3.63) is 83.9 Å². The maximum absolute atomic E-state index is 12.6. The van der Waals surface area contributed by atoms with E-state index in [0.717, 1.165) is 0 Å². The normalized spacial score (nSPS) is 10.3. The maximum Gasteiger partial charge on any atom is 0.338 e. The van der Waals surface area contributed by atoms with Crippen LogP contribution in [0.5, 0.6) is 11.5 Å². The Morgan fingerprint density at radius 3 is 2.00 bits per heavy atom. The first kappa shape index (κ1) is 24.9. The number of carbonyl (C=O) groups excluding carboxylic acids is 2. The fourth-order valence-electron chi connectivity index (χ4n) is 3.60. The molecule has 4 aromatic rings. The van der Waals surface area contributed by atoms with Gasteiger partial charge in [0.05, 0.1) is 19.8 Å². The van der Waals surface area contributed by atoms with Gasteiger partial charge >= 0.3 is 5.97 Å². The van der Waals surface area contributed by atoms with E-state index >= 15 is 0 Å². The van der Waals surface area contributed by atoms with Crippen LogP contribution in [-0.4, -0.2) is 32.7 Å². The Morgan fingerprint density at radius 2 is 1.46 bits per heavy atom. The molecule has 37 heavy (non-hydrogen) atoms. The fraction of sp³-hybridized carbons (Fsp3) is 0.107. The topological polar surface area (TPSA) is 137 Å². The summed E-state index contributed by atoms with van der Waals surface area (Å²) in [6.07, 6.45) is 0. The van der Waals surface area contributed by atoms with E-state index in [1.165, 1.54) is 12.1 Å². The zero-order chi connectivity index (χ0) is 26.4. The summed E-state index contributed by atoms with van der Waals surface area (Å²) in [6, 6.07) is 22.4. The van der Waals surface area contributed by atoms with E-state index in [1.807, 2.05) is 0 Å². The summed E-state index contributed by atoms with van der Waals surface area (Å²) in [6.45, 7) is -0.579. The minimum atomic E-state index is -0.687. The zero-order valence-corrected chi connectivity index (χ0v) is 20.1. The predicted molar refractivity (Wildman–Crippen MR) is 137 cm³/mol. The molecule has 3 N–H and O–H groups in total. The Balaban J connectivity index is 1.63. The number of nitrogens with zero attached hydrogens (tertiary/aromatic N) is 1. The summed E-state index contributed by atoms with van der Waals surface area (Å²) in [4.78, 5) is 24.8. The van der Waals surface area contributed by atoms with E-state index in [2.05, 4.69) is 11.4 Å². The molecule has 9 heteroatoms. The van der Waals surface area contributed by atoms with Gasteiger partial charge in [0, 0.05) is 16.8 Å². The molecule has 1 heterocycles. The van der Waals surface area contributed by atoms with Crippen molar-refractivity contribution < 1.29 is 28.2 Å². The molecule has 0 spiro atoms. The van der Waals surface area contributed by atoms with Crippen molar-refractivity contribution in [1.29, 1.82) is 5.26 Å². The molecule has 0 aliphatic carbocycles.